The van der Waals surface area contributed by atoms with Crippen molar-refractivity contribution in [1.82, 2.24) is 19.8 Å². The van der Waals surface area contributed by atoms with Crippen molar-refractivity contribution in [2.75, 3.05) is 0 Å². The fraction of sp³-hybridized carbons (Fsp3) is 0. The summed E-state index contributed by atoms with van der Waals surface area (Å²) in [7, 11) is 0. The molecule has 0 fully saturated rings. The molecule has 0 bridgehead atoms. The van der Waals surface area contributed by atoms with Crippen molar-refractivity contribution in [3.05, 3.63) is 27.4 Å². The van der Waals surface area contributed by atoms with Crippen LogP contribution in [0.1, 0.15) is 0 Å². The van der Waals surface area contributed by atoms with E-state index in [2.05, 4.69) is 31.2 Å². The van der Waals surface area contributed by atoms with Crippen LogP contribution in [0, 0.1) is 0 Å². The van der Waals surface area contributed by atoms with E-state index in [9.17, 15) is 4.79 Å². The molecule has 0 atom stereocenters. The number of fused-ring (bicyclic) bond motifs is 1. The molecule has 0 aromatic carbocycles. The van der Waals surface area contributed by atoms with E-state index in [4.69, 9.17) is 0 Å². The van der Waals surface area contributed by atoms with Crippen LogP contribution in [0.15, 0.2) is 21.7 Å². The molecular weight excluding hydrogens is 212 g/mol. The average molecular weight is 215 g/mol. The second kappa shape index (κ2) is 2.16. The van der Waals surface area contributed by atoms with Crippen molar-refractivity contribution in [2.24, 2.45) is 0 Å². The van der Waals surface area contributed by atoms with Crippen molar-refractivity contribution in [3.63, 3.8) is 0 Å². The first-order chi connectivity index (χ1) is 5.29. The maximum atomic E-state index is 11.0. The van der Waals surface area contributed by atoms with E-state index in [0.717, 1.165) is 4.47 Å². The molecule has 0 aliphatic carbocycles. The topological polar surface area (TPSA) is 63.0 Å². The summed E-state index contributed by atoms with van der Waals surface area (Å²) >= 11 is 3.22. The average Bonchev–Trinajstić information content (AvgIpc) is 2.35. The molecule has 2 aromatic heterocycles. The number of nitrogens with zero attached hydrogens (tertiary/aromatic N) is 3. The summed E-state index contributed by atoms with van der Waals surface area (Å²) in [5.74, 6) is 0. The zero-order valence-corrected chi connectivity index (χ0v) is 6.87. The van der Waals surface area contributed by atoms with E-state index < -0.39 is 0 Å². The van der Waals surface area contributed by atoms with Gasteiger partial charge >= 0.3 is 5.69 Å². The quantitative estimate of drug-likeness (QED) is 0.681. The van der Waals surface area contributed by atoms with Gasteiger partial charge in [0.25, 0.3) is 0 Å². The monoisotopic (exact) mass is 214 g/mol. The number of rotatable bonds is 0. The standard InChI is InChI=1S/C5H3BrN4O/c6-3-1-8-10-4(3)2-7-9-5(10)11/h1-2H,(H,9,11). The van der Waals surface area contributed by atoms with Crippen molar-refractivity contribution in [2.45, 2.75) is 0 Å². The Morgan fingerprint density at radius 1 is 1.55 bits per heavy atom. The lowest BCUT2D eigenvalue weighted by molar-refractivity contribution is 0.810. The maximum absolute atomic E-state index is 11.0. The first kappa shape index (κ1) is 6.53. The third-order valence-corrected chi connectivity index (χ3v) is 1.91. The van der Waals surface area contributed by atoms with E-state index >= 15 is 0 Å². The summed E-state index contributed by atoms with van der Waals surface area (Å²) in [6, 6.07) is 0. The third kappa shape index (κ3) is 0.864. The fourth-order valence-corrected chi connectivity index (χ4v) is 1.17. The summed E-state index contributed by atoms with van der Waals surface area (Å²) < 4.78 is 1.99. The molecule has 56 valence electrons. The summed E-state index contributed by atoms with van der Waals surface area (Å²) in [4.78, 5) is 11.0. The molecule has 0 saturated heterocycles. The number of aromatic nitrogens is 4. The van der Waals surface area contributed by atoms with Gasteiger partial charge < -0.3 is 0 Å². The van der Waals surface area contributed by atoms with Crippen LogP contribution in [0.5, 0.6) is 0 Å². The van der Waals surface area contributed by atoms with Crippen molar-refractivity contribution in [3.8, 4) is 0 Å². The first-order valence-corrected chi connectivity index (χ1v) is 3.65. The van der Waals surface area contributed by atoms with Gasteiger partial charge in [0.2, 0.25) is 0 Å². The Morgan fingerprint density at radius 2 is 2.36 bits per heavy atom. The summed E-state index contributed by atoms with van der Waals surface area (Å²) in [5.41, 5.74) is 0.321. The van der Waals surface area contributed by atoms with Gasteiger partial charge in [0.05, 0.1) is 16.9 Å². The lowest BCUT2D eigenvalue weighted by atomic mass is 10.6. The molecule has 0 radical (unpaired) electrons. The second-order valence-corrected chi connectivity index (χ2v) is 2.82. The van der Waals surface area contributed by atoms with Gasteiger partial charge in [0, 0.05) is 0 Å². The van der Waals surface area contributed by atoms with Crippen LogP contribution in [0.2, 0.25) is 0 Å². The molecule has 0 unspecified atom stereocenters. The number of halogens is 1. The van der Waals surface area contributed by atoms with Gasteiger partial charge in [-0.25, -0.2) is 9.89 Å². The van der Waals surface area contributed by atoms with Gasteiger partial charge in [0.15, 0.2) is 0 Å². The Morgan fingerprint density at radius 3 is 3.09 bits per heavy atom. The Balaban J connectivity index is 3.06. The zero-order valence-electron chi connectivity index (χ0n) is 5.28. The van der Waals surface area contributed by atoms with Crippen molar-refractivity contribution in [1.29, 1.82) is 0 Å². The van der Waals surface area contributed by atoms with E-state index in [0.29, 0.717) is 5.52 Å². The Labute approximate surface area is 69.2 Å². The molecule has 11 heavy (non-hydrogen) atoms. The highest BCUT2D eigenvalue weighted by atomic mass is 79.9. The molecule has 0 saturated carbocycles. The molecule has 0 spiro atoms. The SMILES string of the molecule is O=c1[nH]ncc2c(Br)cnn12. The van der Waals surface area contributed by atoms with Crippen molar-refractivity contribution >= 4 is 21.4 Å². The summed E-state index contributed by atoms with van der Waals surface area (Å²) in [5, 5.41) is 9.68. The first-order valence-electron chi connectivity index (χ1n) is 2.86. The number of aromatic amines is 1. The van der Waals surface area contributed by atoms with Gasteiger partial charge in [-0.1, -0.05) is 0 Å². The van der Waals surface area contributed by atoms with Gasteiger partial charge in [-0.15, -0.1) is 0 Å². The van der Waals surface area contributed by atoms with E-state index in [1.165, 1.54) is 10.7 Å². The van der Waals surface area contributed by atoms with Crippen LogP contribution in [-0.4, -0.2) is 19.8 Å². The van der Waals surface area contributed by atoms with Gasteiger partial charge in [0.1, 0.15) is 5.52 Å². The predicted molar refractivity (Wildman–Crippen MR) is 41.3 cm³/mol. The molecule has 6 heteroatoms. The number of hydrogen-bond acceptors (Lipinski definition) is 3. The lowest BCUT2D eigenvalue weighted by Crippen LogP contribution is -2.17. The number of hydrogen-bond donors (Lipinski definition) is 1. The van der Waals surface area contributed by atoms with Crippen LogP contribution in [0.3, 0.4) is 0 Å². The van der Waals surface area contributed by atoms with Crippen LogP contribution >= 0.6 is 15.9 Å². The molecule has 2 aromatic rings. The smallest absolute Gasteiger partial charge is 0.244 e. The molecule has 2 heterocycles. The Kier molecular flexibility index (Phi) is 1.28. The summed E-state index contributed by atoms with van der Waals surface area (Å²) in [6.07, 6.45) is 3.07. The van der Waals surface area contributed by atoms with E-state index in [-0.39, 0.29) is 5.69 Å². The van der Waals surface area contributed by atoms with Crippen LogP contribution < -0.4 is 5.69 Å². The minimum absolute atomic E-state index is 0.340. The minimum atomic E-state index is -0.340. The van der Waals surface area contributed by atoms with Crippen LogP contribution in [0.4, 0.5) is 0 Å². The van der Waals surface area contributed by atoms with E-state index in [1.54, 1.807) is 6.20 Å². The van der Waals surface area contributed by atoms with E-state index in [1.807, 2.05) is 0 Å². The number of nitrogens with one attached hydrogen (secondary N) is 1. The second-order valence-electron chi connectivity index (χ2n) is 1.96. The normalized spacial score (nSPS) is 10.6. The van der Waals surface area contributed by atoms with Gasteiger partial charge in [-0.05, 0) is 15.9 Å². The fourth-order valence-electron chi connectivity index (χ4n) is 0.812. The molecule has 1 N–H and O–H groups in total. The summed E-state index contributed by atoms with van der Waals surface area (Å²) in [6.45, 7) is 0. The third-order valence-electron chi connectivity index (χ3n) is 1.30. The highest BCUT2D eigenvalue weighted by Gasteiger charge is 2.01. The minimum Gasteiger partial charge on any atom is -0.244 e. The van der Waals surface area contributed by atoms with Crippen molar-refractivity contribution < 1.29 is 0 Å². The molecule has 5 nitrogen and oxygen atoms in total. The lowest BCUT2D eigenvalue weighted by Gasteiger charge is -1.87. The predicted octanol–water partition coefficient (Wildman–Crippen LogP) is 0.180. The van der Waals surface area contributed by atoms with Gasteiger partial charge in [-0.3, -0.25) is 0 Å². The Hall–Kier alpha value is -1.17. The molecule has 0 aliphatic heterocycles. The zero-order chi connectivity index (χ0) is 7.84. The maximum Gasteiger partial charge on any atom is 0.363 e. The largest absolute Gasteiger partial charge is 0.363 e. The molecule has 2 rings (SSSR count). The highest BCUT2D eigenvalue weighted by molar-refractivity contribution is 9.10. The molecule has 0 amide bonds. The van der Waals surface area contributed by atoms with Crippen LogP contribution in [0.25, 0.3) is 5.52 Å². The number of H-pyrrole nitrogens is 1. The molecule has 0 aliphatic rings. The van der Waals surface area contributed by atoms with Crippen LogP contribution in [-0.2, 0) is 0 Å². The molecular formula is C5H3BrN4O. The van der Waals surface area contributed by atoms with Gasteiger partial charge in [-0.2, -0.15) is 14.7 Å². The Bertz CT molecular complexity index is 445. The highest BCUT2D eigenvalue weighted by Crippen LogP contribution is 2.13.